The van der Waals surface area contributed by atoms with Crippen molar-refractivity contribution in [2.45, 2.75) is 70.9 Å². The monoisotopic (exact) mass is 456 g/mol. The summed E-state index contributed by atoms with van der Waals surface area (Å²) in [5.74, 6) is 0.0795. The standard InChI is InChI=1S/C24H35F3N2O3/c1-18(32-17-23(2)9-7-21(30)8-10-23)15-22(31)29-13-11-28(12-14-29)16-19-3-5-20(6-4-19)24(25,26)27/h3-6,18,21,30H,7-17H2,1-2H3. The third kappa shape index (κ3) is 7.18. The van der Waals surface area contributed by atoms with Gasteiger partial charge in [-0.25, -0.2) is 0 Å². The second-order valence-corrected chi connectivity index (χ2v) is 9.72. The number of aliphatic hydroxyl groups is 1. The summed E-state index contributed by atoms with van der Waals surface area (Å²) in [6.45, 7) is 7.92. The van der Waals surface area contributed by atoms with Gasteiger partial charge in [0.2, 0.25) is 5.91 Å². The minimum atomic E-state index is -4.32. The van der Waals surface area contributed by atoms with Gasteiger partial charge in [0.05, 0.1) is 30.8 Å². The number of hydrogen-bond acceptors (Lipinski definition) is 4. The molecule has 0 aromatic heterocycles. The van der Waals surface area contributed by atoms with Crippen LogP contribution in [0.2, 0.25) is 0 Å². The first-order chi connectivity index (χ1) is 15.0. The number of aliphatic hydroxyl groups excluding tert-OH is 1. The molecule has 1 aromatic rings. The van der Waals surface area contributed by atoms with Crippen LogP contribution in [0.3, 0.4) is 0 Å². The summed E-state index contributed by atoms with van der Waals surface area (Å²) in [5.41, 5.74) is 0.270. The first-order valence-electron chi connectivity index (χ1n) is 11.5. The molecule has 180 valence electrons. The Kier molecular flexibility index (Phi) is 8.22. The topological polar surface area (TPSA) is 53.0 Å². The third-order valence-corrected chi connectivity index (χ3v) is 6.75. The molecule has 3 rings (SSSR count). The molecule has 1 aliphatic heterocycles. The molecule has 2 fully saturated rings. The van der Waals surface area contributed by atoms with E-state index in [-0.39, 0.29) is 23.5 Å². The van der Waals surface area contributed by atoms with E-state index in [1.807, 2.05) is 11.8 Å². The van der Waals surface area contributed by atoms with Gasteiger partial charge >= 0.3 is 6.18 Å². The highest BCUT2D eigenvalue weighted by molar-refractivity contribution is 5.76. The second-order valence-electron chi connectivity index (χ2n) is 9.72. The smallest absolute Gasteiger partial charge is 0.393 e. The maximum Gasteiger partial charge on any atom is 0.416 e. The molecular weight excluding hydrogens is 421 g/mol. The number of rotatable bonds is 7. The van der Waals surface area contributed by atoms with Gasteiger partial charge in [-0.15, -0.1) is 0 Å². The lowest BCUT2D eigenvalue weighted by Gasteiger charge is -2.37. The van der Waals surface area contributed by atoms with Crippen molar-refractivity contribution in [2.24, 2.45) is 5.41 Å². The van der Waals surface area contributed by atoms with Crippen molar-refractivity contribution < 1.29 is 27.8 Å². The Morgan fingerprint density at radius 2 is 1.75 bits per heavy atom. The van der Waals surface area contributed by atoms with Gasteiger partial charge in [-0.3, -0.25) is 9.69 Å². The molecule has 0 bridgehead atoms. The molecule has 1 heterocycles. The van der Waals surface area contributed by atoms with Crippen LogP contribution in [0.15, 0.2) is 24.3 Å². The van der Waals surface area contributed by atoms with E-state index in [1.54, 1.807) is 0 Å². The summed E-state index contributed by atoms with van der Waals surface area (Å²) in [6.07, 6.45) is -0.824. The highest BCUT2D eigenvalue weighted by Gasteiger charge is 2.32. The molecule has 1 unspecified atom stereocenters. The predicted molar refractivity (Wildman–Crippen MR) is 116 cm³/mol. The van der Waals surface area contributed by atoms with E-state index in [0.29, 0.717) is 45.8 Å². The number of carbonyl (C=O) groups excluding carboxylic acids is 1. The van der Waals surface area contributed by atoms with Crippen molar-refractivity contribution in [2.75, 3.05) is 32.8 Å². The van der Waals surface area contributed by atoms with E-state index in [4.69, 9.17) is 4.74 Å². The van der Waals surface area contributed by atoms with Gasteiger partial charge in [0.15, 0.2) is 0 Å². The number of benzene rings is 1. The lowest BCUT2D eigenvalue weighted by molar-refractivity contribution is -0.138. The number of nitrogens with zero attached hydrogens (tertiary/aromatic N) is 2. The van der Waals surface area contributed by atoms with Crippen LogP contribution in [-0.2, 0) is 22.3 Å². The van der Waals surface area contributed by atoms with E-state index in [9.17, 15) is 23.1 Å². The van der Waals surface area contributed by atoms with E-state index in [2.05, 4.69) is 11.8 Å². The van der Waals surface area contributed by atoms with Crippen molar-refractivity contribution in [1.29, 1.82) is 0 Å². The molecule has 0 radical (unpaired) electrons. The highest BCUT2D eigenvalue weighted by Crippen LogP contribution is 2.36. The Morgan fingerprint density at radius 3 is 2.31 bits per heavy atom. The largest absolute Gasteiger partial charge is 0.416 e. The molecular formula is C24H35F3N2O3. The zero-order valence-electron chi connectivity index (χ0n) is 19.0. The molecule has 1 atom stereocenters. The van der Waals surface area contributed by atoms with Gasteiger partial charge in [-0.1, -0.05) is 19.1 Å². The minimum Gasteiger partial charge on any atom is -0.393 e. The quantitative estimate of drug-likeness (QED) is 0.672. The molecule has 1 N–H and O–H groups in total. The number of carbonyl (C=O) groups is 1. The summed E-state index contributed by atoms with van der Waals surface area (Å²) in [6, 6.07) is 5.28. The number of halogens is 3. The van der Waals surface area contributed by atoms with Gasteiger partial charge in [0, 0.05) is 32.7 Å². The van der Waals surface area contributed by atoms with Crippen LogP contribution in [-0.4, -0.2) is 65.8 Å². The average molecular weight is 457 g/mol. The second kappa shape index (κ2) is 10.5. The first kappa shape index (κ1) is 25.0. The fourth-order valence-electron chi connectivity index (χ4n) is 4.43. The third-order valence-electron chi connectivity index (χ3n) is 6.75. The van der Waals surface area contributed by atoms with Crippen molar-refractivity contribution in [1.82, 2.24) is 9.80 Å². The van der Waals surface area contributed by atoms with Crippen LogP contribution in [0.25, 0.3) is 0 Å². The fourth-order valence-corrected chi connectivity index (χ4v) is 4.43. The summed E-state index contributed by atoms with van der Waals surface area (Å²) >= 11 is 0. The molecule has 1 saturated heterocycles. The van der Waals surface area contributed by atoms with E-state index >= 15 is 0 Å². The molecule has 5 nitrogen and oxygen atoms in total. The first-order valence-corrected chi connectivity index (χ1v) is 11.5. The van der Waals surface area contributed by atoms with Crippen LogP contribution >= 0.6 is 0 Å². The zero-order valence-corrected chi connectivity index (χ0v) is 19.0. The normalized spacial score (nSPS) is 26.2. The van der Waals surface area contributed by atoms with Crippen molar-refractivity contribution in [3.8, 4) is 0 Å². The van der Waals surface area contributed by atoms with Crippen molar-refractivity contribution >= 4 is 5.91 Å². The molecule has 8 heteroatoms. The Bertz CT molecular complexity index is 738. The Morgan fingerprint density at radius 1 is 1.16 bits per heavy atom. The lowest BCUT2D eigenvalue weighted by atomic mass is 9.75. The van der Waals surface area contributed by atoms with Gasteiger partial charge in [0.1, 0.15) is 0 Å². The molecule has 1 saturated carbocycles. The van der Waals surface area contributed by atoms with Gasteiger partial charge in [0.25, 0.3) is 0 Å². The van der Waals surface area contributed by atoms with Crippen LogP contribution in [0.4, 0.5) is 13.2 Å². The van der Waals surface area contributed by atoms with Crippen molar-refractivity contribution in [3.05, 3.63) is 35.4 Å². The van der Waals surface area contributed by atoms with Gasteiger partial charge < -0.3 is 14.7 Å². The van der Waals surface area contributed by atoms with Gasteiger partial charge in [-0.05, 0) is 55.7 Å². The summed E-state index contributed by atoms with van der Waals surface area (Å²) in [5, 5.41) is 9.69. The van der Waals surface area contributed by atoms with Crippen LogP contribution in [0.1, 0.15) is 57.1 Å². The number of alkyl halides is 3. The van der Waals surface area contributed by atoms with E-state index in [0.717, 1.165) is 43.4 Å². The molecule has 0 spiro atoms. The number of hydrogen-bond donors (Lipinski definition) is 1. The summed E-state index contributed by atoms with van der Waals surface area (Å²) < 4.78 is 44.1. The van der Waals surface area contributed by atoms with Crippen LogP contribution < -0.4 is 0 Å². The fraction of sp³-hybridized carbons (Fsp3) is 0.708. The van der Waals surface area contributed by atoms with Crippen molar-refractivity contribution in [3.63, 3.8) is 0 Å². The summed E-state index contributed by atoms with van der Waals surface area (Å²) in [4.78, 5) is 16.7. The zero-order chi connectivity index (χ0) is 23.4. The summed E-state index contributed by atoms with van der Waals surface area (Å²) in [7, 11) is 0. The van der Waals surface area contributed by atoms with E-state index in [1.165, 1.54) is 12.1 Å². The molecule has 2 aliphatic rings. The molecule has 1 aromatic carbocycles. The maximum absolute atomic E-state index is 12.7. The highest BCUT2D eigenvalue weighted by atomic mass is 19.4. The molecule has 32 heavy (non-hydrogen) atoms. The number of ether oxygens (including phenoxy) is 1. The van der Waals surface area contributed by atoms with Gasteiger partial charge in [-0.2, -0.15) is 13.2 Å². The average Bonchev–Trinajstić information content (AvgIpc) is 2.75. The van der Waals surface area contributed by atoms with E-state index < -0.39 is 11.7 Å². The Balaban J connectivity index is 1.37. The SMILES string of the molecule is CC(CC(=O)N1CCN(Cc2ccc(C(F)(F)F)cc2)CC1)OCC1(C)CCC(O)CC1. The van der Waals surface area contributed by atoms with Crippen LogP contribution in [0, 0.1) is 5.41 Å². The predicted octanol–water partition coefficient (Wildman–Crippen LogP) is 4.09. The minimum absolute atomic E-state index is 0.0699. The maximum atomic E-state index is 12.7. The Hall–Kier alpha value is -1.64. The Labute approximate surface area is 188 Å². The molecule has 1 aliphatic carbocycles. The molecule has 1 amide bonds. The van der Waals surface area contributed by atoms with Crippen LogP contribution in [0.5, 0.6) is 0 Å². The lowest BCUT2D eigenvalue weighted by Crippen LogP contribution is -2.48. The number of piperazine rings is 1. The number of amides is 1.